The van der Waals surface area contributed by atoms with Crippen molar-refractivity contribution in [2.75, 3.05) is 0 Å². The Morgan fingerprint density at radius 3 is 2.04 bits per heavy atom. The Morgan fingerprint density at radius 2 is 1.38 bits per heavy atom. The predicted octanol–water partition coefficient (Wildman–Crippen LogP) is 7.69. The molecule has 24 heavy (non-hydrogen) atoms. The van der Waals surface area contributed by atoms with E-state index in [1.165, 1.54) is 29.7 Å². The van der Waals surface area contributed by atoms with Crippen LogP contribution in [-0.4, -0.2) is 4.57 Å². The van der Waals surface area contributed by atoms with Crippen molar-refractivity contribution in [3.63, 3.8) is 0 Å². The summed E-state index contributed by atoms with van der Waals surface area (Å²) in [5.74, 6) is 0. The monoisotopic (exact) mass is 423 g/mol. The lowest BCUT2D eigenvalue weighted by Crippen LogP contribution is -1.98. The smallest absolute Gasteiger partial charge is 0.0580 e. The van der Waals surface area contributed by atoms with E-state index in [1.807, 2.05) is 23.5 Å². The molecular weight excluding hydrogens is 411 g/mol. The van der Waals surface area contributed by atoms with E-state index < -0.39 is 0 Å². The molecule has 3 aliphatic heterocycles. The first-order chi connectivity index (χ1) is 11.8. The summed E-state index contributed by atoms with van der Waals surface area (Å²) >= 11 is 10.8. The standard InChI is InChI=1S/C17H13NS6/c1-18-12(10-15-19-4-5-20-15)2-3-14(18)13(17-23-8-9-24-17)11-16-21-6-7-22-16/h2-11H,1H3. The maximum atomic E-state index is 2.32. The zero-order valence-corrected chi connectivity index (χ0v) is 17.6. The molecule has 7 heteroatoms. The van der Waals surface area contributed by atoms with Crippen LogP contribution in [0.3, 0.4) is 0 Å². The van der Waals surface area contributed by atoms with Crippen molar-refractivity contribution in [3.8, 4) is 0 Å². The van der Waals surface area contributed by atoms with Gasteiger partial charge in [0, 0.05) is 28.2 Å². The largest absolute Gasteiger partial charge is 0.344 e. The average molecular weight is 424 g/mol. The van der Waals surface area contributed by atoms with Gasteiger partial charge in [0.25, 0.3) is 0 Å². The predicted molar refractivity (Wildman–Crippen MR) is 121 cm³/mol. The SMILES string of the molecule is Cn1c(C=C2SC=CS2)ccc1C(C=C1SC=CS1)=C1SC=CS1. The van der Waals surface area contributed by atoms with Gasteiger partial charge in [0.1, 0.15) is 0 Å². The molecular formula is C17H13NS6. The third-order valence-electron chi connectivity index (χ3n) is 3.44. The number of allylic oxidation sites excluding steroid dienone is 2. The number of rotatable bonds is 3. The molecule has 0 bridgehead atoms. The summed E-state index contributed by atoms with van der Waals surface area (Å²) in [4.78, 5) is 0. The second kappa shape index (κ2) is 8.01. The molecule has 0 N–H and O–H groups in total. The van der Waals surface area contributed by atoms with Crippen molar-refractivity contribution in [1.29, 1.82) is 0 Å². The molecule has 4 heterocycles. The first-order valence-electron chi connectivity index (χ1n) is 7.10. The summed E-state index contributed by atoms with van der Waals surface area (Å²) in [6.45, 7) is 0. The third-order valence-corrected chi connectivity index (χ3v) is 9.59. The maximum absolute atomic E-state index is 2.32. The normalized spacial score (nSPS) is 19.0. The van der Waals surface area contributed by atoms with Crippen LogP contribution in [0.25, 0.3) is 11.6 Å². The average Bonchev–Trinajstić information content (AvgIpc) is 3.37. The Kier molecular flexibility index (Phi) is 5.76. The lowest BCUT2D eigenvalue weighted by atomic mass is 10.2. The highest BCUT2D eigenvalue weighted by molar-refractivity contribution is 8.28. The van der Waals surface area contributed by atoms with Gasteiger partial charge in [-0.2, -0.15) is 0 Å². The molecule has 122 valence electrons. The van der Waals surface area contributed by atoms with E-state index >= 15 is 0 Å². The Hall–Kier alpha value is -0.180. The number of hydrogen-bond acceptors (Lipinski definition) is 6. The van der Waals surface area contributed by atoms with Crippen LogP contribution in [0.1, 0.15) is 11.4 Å². The molecule has 0 saturated heterocycles. The Labute approximate surface area is 167 Å². The van der Waals surface area contributed by atoms with E-state index in [9.17, 15) is 0 Å². The van der Waals surface area contributed by atoms with E-state index in [-0.39, 0.29) is 0 Å². The Balaban J connectivity index is 1.71. The summed E-state index contributed by atoms with van der Waals surface area (Å²) in [5.41, 5.74) is 3.82. The minimum Gasteiger partial charge on any atom is -0.344 e. The third kappa shape index (κ3) is 3.81. The van der Waals surface area contributed by atoms with Gasteiger partial charge < -0.3 is 4.57 Å². The summed E-state index contributed by atoms with van der Waals surface area (Å²) in [6.07, 6.45) is 4.59. The number of aromatic nitrogens is 1. The van der Waals surface area contributed by atoms with Crippen LogP contribution < -0.4 is 0 Å². The molecule has 0 aliphatic carbocycles. The van der Waals surface area contributed by atoms with Gasteiger partial charge in [0.05, 0.1) is 8.47 Å². The van der Waals surface area contributed by atoms with Gasteiger partial charge in [-0.25, -0.2) is 0 Å². The zero-order valence-electron chi connectivity index (χ0n) is 12.7. The van der Waals surface area contributed by atoms with E-state index in [1.54, 1.807) is 47.0 Å². The molecule has 0 spiro atoms. The molecule has 1 aromatic heterocycles. The molecule has 0 saturated carbocycles. The van der Waals surface area contributed by atoms with Crippen LogP contribution in [0.2, 0.25) is 0 Å². The summed E-state index contributed by atoms with van der Waals surface area (Å²) in [7, 11) is 2.16. The summed E-state index contributed by atoms with van der Waals surface area (Å²) in [5, 5.41) is 12.9. The van der Waals surface area contributed by atoms with Crippen molar-refractivity contribution in [2.24, 2.45) is 7.05 Å². The number of thioether (sulfide) groups is 6. The van der Waals surface area contributed by atoms with Crippen molar-refractivity contribution < 1.29 is 0 Å². The van der Waals surface area contributed by atoms with Gasteiger partial charge >= 0.3 is 0 Å². The van der Waals surface area contributed by atoms with Crippen molar-refractivity contribution in [1.82, 2.24) is 4.57 Å². The van der Waals surface area contributed by atoms with Crippen LogP contribution in [0.4, 0.5) is 0 Å². The van der Waals surface area contributed by atoms with Gasteiger partial charge in [0.2, 0.25) is 0 Å². The fourth-order valence-electron chi connectivity index (χ4n) is 2.32. The van der Waals surface area contributed by atoms with E-state index in [0.717, 1.165) is 0 Å². The molecule has 0 atom stereocenters. The molecule has 1 aromatic rings. The zero-order chi connectivity index (χ0) is 16.4. The molecule has 4 rings (SSSR count). The fraction of sp³-hybridized carbons (Fsp3) is 0.0588. The second-order valence-electron chi connectivity index (χ2n) is 4.85. The summed E-state index contributed by atoms with van der Waals surface area (Å²) < 4.78 is 6.30. The highest BCUT2D eigenvalue weighted by Crippen LogP contribution is 2.47. The molecule has 0 amide bonds. The molecule has 0 fully saturated rings. The van der Waals surface area contributed by atoms with Gasteiger partial charge in [-0.1, -0.05) is 70.6 Å². The molecule has 1 nitrogen and oxygen atoms in total. The van der Waals surface area contributed by atoms with Crippen LogP contribution in [-0.2, 0) is 7.05 Å². The van der Waals surface area contributed by atoms with E-state index in [4.69, 9.17) is 0 Å². The first-order valence-corrected chi connectivity index (χ1v) is 12.4. The van der Waals surface area contributed by atoms with E-state index in [0.29, 0.717) is 0 Å². The summed E-state index contributed by atoms with van der Waals surface area (Å²) in [6, 6.07) is 4.45. The molecule has 0 aromatic carbocycles. The minimum atomic E-state index is 1.24. The lowest BCUT2D eigenvalue weighted by molar-refractivity contribution is 0.898. The topological polar surface area (TPSA) is 4.93 Å². The van der Waals surface area contributed by atoms with Crippen molar-refractivity contribution in [2.45, 2.75) is 0 Å². The van der Waals surface area contributed by atoms with Crippen LogP contribution >= 0.6 is 70.6 Å². The highest BCUT2D eigenvalue weighted by Gasteiger charge is 2.17. The quantitative estimate of drug-likeness (QED) is 0.487. The highest BCUT2D eigenvalue weighted by atomic mass is 32.2. The maximum Gasteiger partial charge on any atom is 0.0580 e. The minimum absolute atomic E-state index is 1.24. The van der Waals surface area contributed by atoms with Gasteiger partial charge in [-0.15, -0.1) is 0 Å². The van der Waals surface area contributed by atoms with Gasteiger partial charge in [-0.3, -0.25) is 0 Å². The molecule has 3 aliphatic rings. The van der Waals surface area contributed by atoms with Crippen molar-refractivity contribution in [3.05, 3.63) is 74.8 Å². The van der Waals surface area contributed by atoms with Crippen LogP contribution in [0, 0.1) is 0 Å². The molecule has 0 radical (unpaired) electrons. The fourth-order valence-corrected chi connectivity index (χ4v) is 7.44. The Bertz CT molecular complexity index is 807. The lowest BCUT2D eigenvalue weighted by Gasteiger charge is -2.11. The molecule has 0 unspecified atom stereocenters. The second-order valence-corrected chi connectivity index (χ2v) is 11.3. The van der Waals surface area contributed by atoms with Gasteiger partial charge in [0.15, 0.2) is 0 Å². The van der Waals surface area contributed by atoms with Crippen LogP contribution in [0.15, 0.2) is 63.4 Å². The van der Waals surface area contributed by atoms with Crippen LogP contribution in [0.5, 0.6) is 0 Å². The first kappa shape index (κ1) is 17.2. The Morgan fingerprint density at radius 1 is 0.792 bits per heavy atom. The number of nitrogens with zero attached hydrogens (tertiary/aromatic N) is 1. The number of hydrogen-bond donors (Lipinski definition) is 0. The van der Waals surface area contributed by atoms with Gasteiger partial charge in [-0.05, 0) is 56.7 Å². The van der Waals surface area contributed by atoms with E-state index in [2.05, 4.69) is 68.3 Å². The van der Waals surface area contributed by atoms with Crippen molar-refractivity contribution >= 4 is 82.2 Å².